The molecule has 28 heavy (non-hydrogen) atoms. The molecular formula is C19H20N6O3. The van der Waals surface area contributed by atoms with Crippen molar-refractivity contribution in [2.75, 3.05) is 30.2 Å². The molecule has 0 bridgehead atoms. The zero-order valence-corrected chi connectivity index (χ0v) is 15.7. The fourth-order valence-electron chi connectivity index (χ4n) is 4.03. The Morgan fingerprint density at radius 2 is 2.11 bits per heavy atom. The molecule has 0 amide bonds. The van der Waals surface area contributed by atoms with E-state index in [0.717, 1.165) is 41.2 Å². The smallest absolute Gasteiger partial charge is 0.436 e. The van der Waals surface area contributed by atoms with Gasteiger partial charge in [0.1, 0.15) is 23.8 Å². The van der Waals surface area contributed by atoms with Gasteiger partial charge in [-0.2, -0.15) is 0 Å². The van der Waals surface area contributed by atoms with Gasteiger partial charge in [0.2, 0.25) is 0 Å². The van der Waals surface area contributed by atoms with Gasteiger partial charge in [-0.05, 0) is 31.9 Å². The van der Waals surface area contributed by atoms with E-state index in [9.17, 15) is 4.79 Å². The molecule has 9 heteroatoms. The van der Waals surface area contributed by atoms with Gasteiger partial charge in [0.15, 0.2) is 0 Å². The van der Waals surface area contributed by atoms with Gasteiger partial charge in [-0.1, -0.05) is 17.3 Å². The zero-order chi connectivity index (χ0) is 19.3. The lowest BCUT2D eigenvalue weighted by Crippen LogP contribution is -2.46. The zero-order valence-electron chi connectivity index (χ0n) is 15.7. The molecule has 0 spiro atoms. The van der Waals surface area contributed by atoms with Gasteiger partial charge >= 0.3 is 6.09 Å². The van der Waals surface area contributed by atoms with Crippen molar-refractivity contribution in [1.82, 2.24) is 15.0 Å². The molecule has 1 fully saturated rings. The van der Waals surface area contributed by atoms with Crippen LogP contribution in [0.3, 0.4) is 0 Å². The summed E-state index contributed by atoms with van der Waals surface area (Å²) < 4.78 is 12.0. The topological polar surface area (TPSA) is 85.1 Å². The molecule has 0 saturated carbocycles. The minimum atomic E-state index is -0.603. The molecule has 144 valence electrons. The number of ether oxygens (including phenoxy) is 2. The van der Waals surface area contributed by atoms with Crippen LogP contribution in [0.1, 0.15) is 25.5 Å². The quantitative estimate of drug-likeness (QED) is 0.790. The van der Waals surface area contributed by atoms with Crippen molar-refractivity contribution >= 4 is 23.2 Å². The number of para-hydroxylation sites is 2. The number of methoxy groups -OCH3 is 1. The molecular weight excluding hydrogens is 360 g/mol. The van der Waals surface area contributed by atoms with Gasteiger partial charge < -0.3 is 19.3 Å². The summed E-state index contributed by atoms with van der Waals surface area (Å²) in [5.74, 6) is 0. The first kappa shape index (κ1) is 16.9. The first-order valence-electron chi connectivity index (χ1n) is 9.18. The first-order valence-corrected chi connectivity index (χ1v) is 9.18. The van der Waals surface area contributed by atoms with Crippen LogP contribution in [0.15, 0.2) is 47.4 Å². The van der Waals surface area contributed by atoms with Crippen LogP contribution in [0, 0.1) is 0 Å². The number of nitrogens with zero attached hydrogens (tertiary/aromatic N) is 6. The van der Waals surface area contributed by atoms with Crippen molar-refractivity contribution in [2.24, 2.45) is 4.99 Å². The molecule has 1 atom stereocenters. The number of rotatable bonds is 2. The van der Waals surface area contributed by atoms with Gasteiger partial charge in [0, 0.05) is 12.8 Å². The number of benzene rings is 1. The van der Waals surface area contributed by atoms with Crippen LogP contribution in [0.2, 0.25) is 0 Å². The Bertz CT molecular complexity index is 1000. The van der Waals surface area contributed by atoms with E-state index in [1.807, 2.05) is 18.3 Å². The lowest BCUT2D eigenvalue weighted by Gasteiger charge is -2.42. The average molecular weight is 380 g/mol. The standard InChI is InChI=1S/C19H20N6O3/c1-19(8-5-9-28-19)24-11-16-17(15-10-21-22-25(15)18(26)27-2)20-12-23(16)13-6-3-4-7-14(13)24/h3-4,6-7,10-11H,5,8-9,12H2,1-2H3. The molecule has 0 N–H and O–H groups in total. The molecule has 4 heterocycles. The van der Waals surface area contributed by atoms with E-state index in [1.54, 1.807) is 0 Å². The summed E-state index contributed by atoms with van der Waals surface area (Å²) in [7, 11) is 1.31. The third kappa shape index (κ3) is 2.36. The highest BCUT2D eigenvalue weighted by Crippen LogP contribution is 2.44. The molecule has 3 aliphatic heterocycles. The predicted octanol–water partition coefficient (Wildman–Crippen LogP) is 2.35. The molecule has 2 aromatic rings. The van der Waals surface area contributed by atoms with E-state index in [0.29, 0.717) is 18.1 Å². The Hall–Kier alpha value is -3.20. The lowest BCUT2D eigenvalue weighted by molar-refractivity contribution is 0.0247. The number of aromatic nitrogens is 3. The average Bonchev–Trinajstić information content (AvgIpc) is 3.45. The van der Waals surface area contributed by atoms with Crippen LogP contribution in [-0.2, 0) is 9.47 Å². The number of carbonyl (C=O) groups is 1. The van der Waals surface area contributed by atoms with E-state index >= 15 is 0 Å². The molecule has 1 saturated heterocycles. The summed E-state index contributed by atoms with van der Waals surface area (Å²) in [6.07, 6.45) is 4.92. The van der Waals surface area contributed by atoms with Crippen molar-refractivity contribution in [3.8, 4) is 0 Å². The Kier molecular flexibility index (Phi) is 3.73. The van der Waals surface area contributed by atoms with Crippen molar-refractivity contribution in [2.45, 2.75) is 25.5 Å². The van der Waals surface area contributed by atoms with Crippen LogP contribution in [-0.4, -0.2) is 52.9 Å². The number of anilines is 2. The number of carbonyl (C=O) groups excluding carboxylic acids is 1. The molecule has 0 radical (unpaired) electrons. The van der Waals surface area contributed by atoms with Crippen LogP contribution >= 0.6 is 0 Å². The fraction of sp³-hybridized carbons (Fsp3) is 0.368. The summed E-state index contributed by atoms with van der Waals surface area (Å²) in [6, 6.07) is 8.20. The van der Waals surface area contributed by atoms with Crippen molar-refractivity contribution in [3.63, 3.8) is 0 Å². The Labute approximate surface area is 161 Å². The van der Waals surface area contributed by atoms with E-state index < -0.39 is 11.8 Å². The molecule has 1 unspecified atom stereocenters. The van der Waals surface area contributed by atoms with Gasteiger partial charge in [0.05, 0.1) is 30.4 Å². The molecule has 0 aliphatic carbocycles. The van der Waals surface area contributed by atoms with E-state index in [-0.39, 0.29) is 0 Å². The number of hydrogen-bond donors (Lipinski definition) is 0. The maximum absolute atomic E-state index is 12.1. The molecule has 1 aromatic heterocycles. The fourth-order valence-corrected chi connectivity index (χ4v) is 4.03. The summed E-state index contributed by atoms with van der Waals surface area (Å²) in [4.78, 5) is 21.0. The molecule has 9 nitrogen and oxygen atoms in total. The highest BCUT2D eigenvalue weighted by molar-refractivity contribution is 6.17. The summed E-state index contributed by atoms with van der Waals surface area (Å²) >= 11 is 0. The van der Waals surface area contributed by atoms with Gasteiger partial charge in [-0.3, -0.25) is 4.99 Å². The second kappa shape index (κ2) is 6.16. The Morgan fingerprint density at radius 3 is 2.86 bits per heavy atom. The van der Waals surface area contributed by atoms with Crippen LogP contribution in [0.25, 0.3) is 0 Å². The maximum Gasteiger partial charge on any atom is 0.436 e. The van der Waals surface area contributed by atoms with Crippen LogP contribution < -0.4 is 9.80 Å². The monoisotopic (exact) mass is 380 g/mol. The summed E-state index contributed by atoms with van der Waals surface area (Å²) in [6.45, 7) is 3.30. The Morgan fingerprint density at radius 1 is 1.29 bits per heavy atom. The maximum atomic E-state index is 12.1. The minimum absolute atomic E-state index is 0.427. The normalized spacial score (nSPS) is 23.2. The third-order valence-electron chi connectivity index (χ3n) is 5.43. The van der Waals surface area contributed by atoms with Gasteiger partial charge in [0.25, 0.3) is 0 Å². The van der Waals surface area contributed by atoms with Crippen molar-refractivity contribution in [1.29, 1.82) is 0 Å². The SMILES string of the molecule is COC(=O)n1nncc1C1=NCN2C1=CN(C1(C)CCCO1)c1ccccc12. The minimum Gasteiger partial charge on any atom is -0.451 e. The van der Waals surface area contributed by atoms with Crippen LogP contribution in [0.5, 0.6) is 0 Å². The molecule has 3 aliphatic rings. The van der Waals surface area contributed by atoms with Crippen LogP contribution in [0.4, 0.5) is 16.2 Å². The first-order chi connectivity index (χ1) is 13.6. The second-order valence-corrected chi connectivity index (χ2v) is 7.08. The van der Waals surface area contributed by atoms with Crippen molar-refractivity contribution < 1.29 is 14.3 Å². The largest absolute Gasteiger partial charge is 0.451 e. The van der Waals surface area contributed by atoms with Crippen molar-refractivity contribution in [3.05, 3.63) is 48.1 Å². The lowest BCUT2D eigenvalue weighted by atomic mass is 10.0. The number of hydrogen-bond acceptors (Lipinski definition) is 8. The van der Waals surface area contributed by atoms with Gasteiger partial charge in [-0.15, -0.1) is 9.78 Å². The highest BCUT2D eigenvalue weighted by Gasteiger charge is 2.42. The molecule has 5 rings (SSSR count). The number of fused-ring (bicyclic) bond motifs is 3. The number of aliphatic imine (C=N–C) groups is 1. The summed E-state index contributed by atoms with van der Waals surface area (Å²) in [5, 5.41) is 7.73. The number of allylic oxidation sites excluding steroid dienone is 1. The van der Waals surface area contributed by atoms with E-state index in [1.165, 1.54) is 13.3 Å². The van der Waals surface area contributed by atoms with E-state index in [4.69, 9.17) is 9.47 Å². The molecule has 1 aromatic carbocycles. The third-order valence-corrected chi connectivity index (χ3v) is 5.43. The Balaban J connectivity index is 1.62. The second-order valence-electron chi connectivity index (χ2n) is 7.08. The van der Waals surface area contributed by atoms with E-state index in [2.05, 4.69) is 44.2 Å². The van der Waals surface area contributed by atoms with Gasteiger partial charge in [-0.25, -0.2) is 4.79 Å². The summed E-state index contributed by atoms with van der Waals surface area (Å²) in [5.41, 5.74) is 3.72. The predicted molar refractivity (Wildman–Crippen MR) is 102 cm³/mol. The highest BCUT2D eigenvalue weighted by atomic mass is 16.5.